The first-order valence-electron chi connectivity index (χ1n) is 22.7. The van der Waals surface area contributed by atoms with Crippen molar-refractivity contribution in [2.45, 2.75) is 208 Å². The molecular formula is C46H86N2O6. The molecule has 0 aromatic rings. The van der Waals surface area contributed by atoms with Gasteiger partial charge in [0, 0.05) is 25.9 Å². The van der Waals surface area contributed by atoms with Crippen LogP contribution in [0, 0.1) is 0 Å². The number of amides is 1. The van der Waals surface area contributed by atoms with Gasteiger partial charge in [-0.1, -0.05) is 142 Å². The zero-order valence-corrected chi connectivity index (χ0v) is 36.1. The molecule has 0 rings (SSSR count). The largest absolute Gasteiger partial charge is 0.508 e. The lowest BCUT2D eigenvalue weighted by molar-refractivity contribution is -0.146. The molecular weight excluding hydrogens is 677 g/mol. The summed E-state index contributed by atoms with van der Waals surface area (Å²) in [5.41, 5.74) is 0. The quantitative estimate of drug-likeness (QED) is 0.0350. The molecule has 0 aromatic carbocycles. The second-order valence-electron chi connectivity index (χ2n) is 14.9. The number of nitrogens with zero attached hydrogens (tertiary/aromatic N) is 2. The predicted octanol–water partition coefficient (Wildman–Crippen LogP) is 12.5. The number of ether oxygens (including phenoxy) is 3. The van der Waals surface area contributed by atoms with Gasteiger partial charge < -0.3 is 24.0 Å². The average molecular weight is 763 g/mol. The van der Waals surface area contributed by atoms with Crippen LogP contribution in [0.1, 0.15) is 202 Å². The average Bonchev–Trinajstić information content (AvgIpc) is 3.17. The van der Waals surface area contributed by atoms with Gasteiger partial charge in [-0.2, -0.15) is 0 Å². The third-order valence-electron chi connectivity index (χ3n) is 10.2. The van der Waals surface area contributed by atoms with Crippen LogP contribution in [0.15, 0.2) is 24.3 Å². The number of rotatable bonds is 39. The van der Waals surface area contributed by atoms with E-state index in [0.717, 1.165) is 77.4 Å². The van der Waals surface area contributed by atoms with Gasteiger partial charge in [0.05, 0.1) is 13.2 Å². The molecule has 316 valence electrons. The highest BCUT2D eigenvalue weighted by Crippen LogP contribution is 2.17. The van der Waals surface area contributed by atoms with E-state index in [-0.39, 0.29) is 31.0 Å². The van der Waals surface area contributed by atoms with Crippen LogP contribution in [0.25, 0.3) is 0 Å². The van der Waals surface area contributed by atoms with Gasteiger partial charge >= 0.3 is 12.1 Å². The topological polar surface area (TPSA) is 85.4 Å². The Morgan fingerprint density at radius 2 is 1.07 bits per heavy atom. The van der Waals surface area contributed by atoms with Crippen molar-refractivity contribution in [1.82, 2.24) is 9.80 Å². The molecule has 0 saturated carbocycles. The van der Waals surface area contributed by atoms with E-state index in [1.54, 1.807) is 4.90 Å². The minimum absolute atomic E-state index is 0.00784. The molecule has 0 fully saturated rings. The van der Waals surface area contributed by atoms with Crippen molar-refractivity contribution >= 4 is 18.0 Å². The Labute approximate surface area is 333 Å². The van der Waals surface area contributed by atoms with Crippen LogP contribution in [0.3, 0.4) is 0 Å². The summed E-state index contributed by atoms with van der Waals surface area (Å²) in [4.78, 5) is 42.1. The monoisotopic (exact) mass is 763 g/mol. The summed E-state index contributed by atoms with van der Waals surface area (Å²) in [5.74, 6) is -0.198. The van der Waals surface area contributed by atoms with Gasteiger partial charge in [0.1, 0.15) is 12.7 Å². The van der Waals surface area contributed by atoms with Gasteiger partial charge in [-0.3, -0.25) is 9.59 Å². The molecule has 8 heteroatoms. The van der Waals surface area contributed by atoms with Crippen LogP contribution in [0.4, 0.5) is 4.79 Å². The molecule has 1 atom stereocenters. The first-order valence-corrected chi connectivity index (χ1v) is 22.7. The van der Waals surface area contributed by atoms with Gasteiger partial charge in [0.2, 0.25) is 5.91 Å². The van der Waals surface area contributed by atoms with E-state index in [0.29, 0.717) is 32.5 Å². The van der Waals surface area contributed by atoms with Crippen molar-refractivity contribution in [1.29, 1.82) is 0 Å². The highest BCUT2D eigenvalue weighted by molar-refractivity contribution is 5.76. The number of esters is 1. The van der Waals surface area contributed by atoms with Gasteiger partial charge in [-0.15, -0.1) is 0 Å². The second kappa shape index (κ2) is 40.3. The molecule has 54 heavy (non-hydrogen) atoms. The molecule has 0 N–H and O–H groups in total. The smallest absolute Gasteiger partial charge is 0.464 e. The Morgan fingerprint density at radius 1 is 0.519 bits per heavy atom. The lowest BCUT2D eigenvalue weighted by Gasteiger charge is -2.23. The fourth-order valence-electron chi connectivity index (χ4n) is 6.60. The third-order valence-corrected chi connectivity index (χ3v) is 10.2. The van der Waals surface area contributed by atoms with Crippen LogP contribution in [0.5, 0.6) is 0 Å². The Hall–Kier alpha value is -2.35. The second-order valence-corrected chi connectivity index (χ2v) is 14.9. The van der Waals surface area contributed by atoms with Crippen LogP contribution in [-0.4, -0.2) is 79.9 Å². The Morgan fingerprint density at radius 3 is 1.69 bits per heavy atom. The third kappa shape index (κ3) is 34.2. The maximum Gasteiger partial charge on any atom is 0.508 e. The lowest BCUT2D eigenvalue weighted by atomic mass is 10.0. The number of likely N-dealkylation sites (N-methyl/N-ethyl adjacent to an activating group) is 1. The summed E-state index contributed by atoms with van der Waals surface area (Å²) in [6, 6.07) is 0. The molecule has 0 radical (unpaired) electrons. The Bertz CT molecular complexity index is 919. The summed E-state index contributed by atoms with van der Waals surface area (Å²) in [7, 11) is 0. The fourth-order valence-corrected chi connectivity index (χ4v) is 6.60. The first kappa shape index (κ1) is 51.6. The number of allylic oxidation sites excluding steroid dienone is 4. The minimum atomic E-state index is -0.637. The summed E-state index contributed by atoms with van der Waals surface area (Å²) in [6.45, 7) is 15.0. The molecule has 0 spiro atoms. The minimum Gasteiger partial charge on any atom is -0.464 e. The SMILES string of the molecule is CCCCC/C=C\C/C=C\CCCCCCCC(=O)OCCN(CC)C(=O)CCC(CCCCCCCCCCCC)OC(=O)OCCCN(CC)CC. The number of carbonyl (C=O) groups is 3. The van der Waals surface area contributed by atoms with Crippen LogP contribution in [-0.2, 0) is 23.8 Å². The van der Waals surface area contributed by atoms with Crippen LogP contribution in [0.2, 0.25) is 0 Å². The van der Waals surface area contributed by atoms with Crippen molar-refractivity contribution < 1.29 is 28.6 Å². The van der Waals surface area contributed by atoms with E-state index in [1.807, 2.05) is 6.92 Å². The zero-order chi connectivity index (χ0) is 39.7. The van der Waals surface area contributed by atoms with Crippen molar-refractivity contribution in [2.75, 3.05) is 45.9 Å². The van der Waals surface area contributed by atoms with E-state index in [4.69, 9.17) is 14.2 Å². The zero-order valence-electron chi connectivity index (χ0n) is 36.1. The molecule has 0 aliphatic rings. The van der Waals surface area contributed by atoms with Gasteiger partial charge in [-0.25, -0.2) is 4.79 Å². The molecule has 0 aliphatic carbocycles. The molecule has 8 nitrogen and oxygen atoms in total. The van der Waals surface area contributed by atoms with Crippen molar-refractivity contribution in [2.24, 2.45) is 0 Å². The van der Waals surface area contributed by atoms with Crippen molar-refractivity contribution in [3.63, 3.8) is 0 Å². The molecule has 1 unspecified atom stereocenters. The van der Waals surface area contributed by atoms with Crippen LogP contribution < -0.4 is 0 Å². The molecule has 0 saturated heterocycles. The number of carbonyl (C=O) groups excluding carboxylic acids is 3. The maximum absolute atomic E-state index is 13.1. The number of unbranched alkanes of at least 4 members (excludes halogenated alkanes) is 17. The highest BCUT2D eigenvalue weighted by atomic mass is 16.7. The van der Waals surface area contributed by atoms with E-state index >= 15 is 0 Å². The maximum atomic E-state index is 13.1. The fraction of sp³-hybridized carbons (Fsp3) is 0.848. The first-order chi connectivity index (χ1) is 26.4. The van der Waals surface area contributed by atoms with Crippen molar-refractivity contribution in [3.05, 3.63) is 24.3 Å². The molecule has 0 bridgehead atoms. The number of hydrogen-bond donors (Lipinski definition) is 0. The normalized spacial score (nSPS) is 12.2. The van der Waals surface area contributed by atoms with Gasteiger partial charge in [0.15, 0.2) is 0 Å². The van der Waals surface area contributed by atoms with Gasteiger partial charge in [-0.05, 0) is 84.2 Å². The highest BCUT2D eigenvalue weighted by Gasteiger charge is 2.20. The molecule has 1 amide bonds. The van der Waals surface area contributed by atoms with Crippen molar-refractivity contribution in [3.8, 4) is 0 Å². The van der Waals surface area contributed by atoms with E-state index in [2.05, 4.69) is 56.9 Å². The molecule has 0 aliphatic heterocycles. The van der Waals surface area contributed by atoms with E-state index in [1.165, 1.54) is 89.9 Å². The Kier molecular flexibility index (Phi) is 38.6. The standard InChI is InChI=1S/C46H86N2O6/c1-6-11-13-15-17-19-21-22-23-24-25-27-29-31-33-36-45(50)52-42-40-48(10-5)44(49)38-37-43(35-32-30-28-26-20-18-16-14-12-7-2)54-46(51)53-41-34-39-47(8-3)9-4/h17,19,22-23,43H,6-16,18,20-21,24-42H2,1-5H3/b19-17-,23-22-. The summed E-state index contributed by atoms with van der Waals surface area (Å²) >= 11 is 0. The summed E-state index contributed by atoms with van der Waals surface area (Å²) < 4.78 is 16.6. The molecule has 0 heterocycles. The van der Waals surface area contributed by atoms with Gasteiger partial charge in [0.25, 0.3) is 0 Å². The lowest BCUT2D eigenvalue weighted by Crippen LogP contribution is -2.35. The Balaban J connectivity index is 4.41. The van der Waals surface area contributed by atoms with E-state index < -0.39 is 6.16 Å². The summed E-state index contributed by atoms with van der Waals surface area (Å²) in [6.07, 6.45) is 35.8. The van der Waals surface area contributed by atoms with Crippen LogP contribution >= 0.6 is 0 Å². The predicted molar refractivity (Wildman–Crippen MR) is 227 cm³/mol. The number of hydrogen-bond acceptors (Lipinski definition) is 7. The van der Waals surface area contributed by atoms with E-state index in [9.17, 15) is 14.4 Å². The molecule has 0 aromatic heterocycles. The summed E-state index contributed by atoms with van der Waals surface area (Å²) in [5, 5.41) is 0.